The molecule has 2 heterocycles. The Balaban J connectivity index is 1.17. The zero-order valence-electron chi connectivity index (χ0n) is 19.6. The number of nitrogens with zero attached hydrogens (tertiary/aromatic N) is 2. The minimum Gasteiger partial charge on any atom is -0.370 e. The molecule has 2 N–H and O–H groups in total. The average Bonchev–Trinajstić information content (AvgIpc) is 2.93. The van der Waals surface area contributed by atoms with Crippen LogP contribution in [0.3, 0.4) is 0 Å². The number of hydrogen-bond donors (Lipinski definition) is 2. The van der Waals surface area contributed by atoms with Crippen LogP contribution in [0.15, 0.2) is 86.5 Å². The summed E-state index contributed by atoms with van der Waals surface area (Å²) >= 11 is 3.08. The number of nitrogens with one attached hydrogen (secondary N) is 2. The molecule has 0 unspecified atom stereocenters. The van der Waals surface area contributed by atoms with Gasteiger partial charge in [0.2, 0.25) is 0 Å². The standard InChI is InChI=1S/C28H29FN4S2/c29-26-24(34-18-20-6-10-22(11-7-20)27-30-14-2-15-31-27)4-1-5-25(26)35-19-21-8-12-23(13-9-21)28-32-16-3-17-33-28/h1,4-13H,2-3,14-19H2,(H,30,31)(H,32,33). The van der Waals surface area contributed by atoms with Crippen molar-refractivity contribution in [2.24, 2.45) is 9.98 Å². The van der Waals surface area contributed by atoms with Crippen molar-refractivity contribution in [1.82, 2.24) is 10.6 Å². The molecule has 0 aromatic heterocycles. The molecular formula is C28H29FN4S2. The van der Waals surface area contributed by atoms with Crippen molar-refractivity contribution in [3.63, 3.8) is 0 Å². The van der Waals surface area contributed by atoms with Crippen molar-refractivity contribution in [2.75, 3.05) is 26.2 Å². The Bertz CT molecular complexity index is 1110. The summed E-state index contributed by atoms with van der Waals surface area (Å²) in [4.78, 5) is 10.5. The van der Waals surface area contributed by atoms with Crippen molar-refractivity contribution < 1.29 is 4.39 Å². The van der Waals surface area contributed by atoms with E-state index < -0.39 is 0 Å². The van der Waals surface area contributed by atoms with Gasteiger partial charge in [-0.1, -0.05) is 54.6 Å². The molecule has 0 atom stereocenters. The topological polar surface area (TPSA) is 48.8 Å². The number of thioether (sulfide) groups is 2. The molecular weight excluding hydrogens is 475 g/mol. The van der Waals surface area contributed by atoms with Crippen LogP contribution in [0.1, 0.15) is 35.1 Å². The van der Waals surface area contributed by atoms with Crippen LogP contribution >= 0.6 is 23.5 Å². The number of rotatable bonds is 8. The van der Waals surface area contributed by atoms with Crippen LogP contribution in [-0.4, -0.2) is 37.9 Å². The molecule has 7 heteroatoms. The average molecular weight is 505 g/mol. The van der Waals surface area contributed by atoms with Crippen LogP contribution in [0, 0.1) is 5.82 Å². The lowest BCUT2D eigenvalue weighted by Crippen LogP contribution is -2.30. The fourth-order valence-electron chi connectivity index (χ4n) is 4.01. The number of benzene rings is 3. The van der Waals surface area contributed by atoms with Crippen LogP contribution in [0.4, 0.5) is 4.39 Å². The molecule has 2 aliphatic rings. The fraction of sp³-hybridized carbons (Fsp3) is 0.286. The first-order valence-corrected chi connectivity index (χ1v) is 14.0. The molecule has 35 heavy (non-hydrogen) atoms. The van der Waals surface area contributed by atoms with Crippen molar-refractivity contribution in [1.29, 1.82) is 0 Å². The van der Waals surface area contributed by atoms with Gasteiger partial charge in [0.25, 0.3) is 0 Å². The Kier molecular flexibility index (Phi) is 8.06. The van der Waals surface area contributed by atoms with E-state index in [1.807, 2.05) is 18.2 Å². The highest BCUT2D eigenvalue weighted by Gasteiger charge is 2.12. The molecule has 0 amide bonds. The van der Waals surface area contributed by atoms with E-state index in [2.05, 4.69) is 69.1 Å². The highest BCUT2D eigenvalue weighted by Crippen LogP contribution is 2.33. The molecule has 0 saturated carbocycles. The molecule has 5 rings (SSSR count). The SMILES string of the molecule is Fc1c(SCc2ccc(C3=NCCCN3)cc2)cccc1SCc1ccc(C2=NCCCN2)cc1. The van der Waals surface area contributed by atoms with Crippen LogP contribution in [0.2, 0.25) is 0 Å². The maximum Gasteiger partial charge on any atom is 0.150 e. The van der Waals surface area contributed by atoms with Crippen LogP contribution in [0.5, 0.6) is 0 Å². The molecule has 2 aliphatic heterocycles. The maximum absolute atomic E-state index is 15.2. The van der Waals surface area contributed by atoms with Gasteiger partial charge in [0.1, 0.15) is 17.5 Å². The Hall–Kier alpha value is -2.77. The Morgan fingerprint density at radius 2 is 1.11 bits per heavy atom. The van der Waals surface area contributed by atoms with Crippen molar-refractivity contribution in [2.45, 2.75) is 34.1 Å². The van der Waals surface area contributed by atoms with Gasteiger partial charge in [-0.05, 0) is 36.1 Å². The van der Waals surface area contributed by atoms with Gasteiger partial charge >= 0.3 is 0 Å². The summed E-state index contributed by atoms with van der Waals surface area (Å²) in [6.07, 6.45) is 2.17. The van der Waals surface area contributed by atoms with Gasteiger partial charge < -0.3 is 10.6 Å². The van der Waals surface area contributed by atoms with Gasteiger partial charge in [0, 0.05) is 58.6 Å². The maximum atomic E-state index is 15.2. The van der Waals surface area contributed by atoms with E-state index in [0.29, 0.717) is 9.79 Å². The first-order chi connectivity index (χ1) is 17.3. The third-order valence-electron chi connectivity index (χ3n) is 5.97. The lowest BCUT2D eigenvalue weighted by atomic mass is 10.1. The van der Waals surface area contributed by atoms with Gasteiger partial charge in [-0.15, -0.1) is 23.5 Å². The molecule has 4 nitrogen and oxygen atoms in total. The molecule has 3 aromatic carbocycles. The summed E-state index contributed by atoms with van der Waals surface area (Å²) in [5.41, 5.74) is 4.56. The van der Waals surface area contributed by atoms with Gasteiger partial charge in [-0.2, -0.15) is 0 Å². The predicted molar refractivity (Wildman–Crippen MR) is 146 cm³/mol. The molecule has 0 bridgehead atoms. The van der Waals surface area contributed by atoms with E-state index in [4.69, 9.17) is 0 Å². The number of aliphatic imine (C=N–C) groups is 2. The third kappa shape index (κ3) is 6.27. The van der Waals surface area contributed by atoms with E-state index >= 15 is 4.39 Å². The van der Waals surface area contributed by atoms with Crippen LogP contribution in [0.25, 0.3) is 0 Å². The van der Waals surface area contributed by atoms with E-state index in [-0.39, 0.29) is 5.82 Å². The van der Waals surface area contributed by atoms with E-state index in [1.54, 1.807) is 23.5 Å². The quantitative estimate of drug-likeness (QED) is 0.376. The minimum atomic E-state index is -0.128. The zero-order chi connectivity index (χ0) is 23.9. The molecule has 180 valence electrons. The van der Waals surface area contributed by atoms with Crippen molar-refractivity contribution in [3.05, 3.63) is 94.8 Å². The van der Waals surface area contributed by atoms with Gasteiger partial charge in [-0.3, -0.25) is 9.98 Å². The smallest absolute Gasteiger partial charge is 0.150 e. The lowest BCUT2D eigenvalue weighted by molar-refractivity contribution is 0.575. The van der Waals surface area contributed by atoms with Crippen molar-refractivity contribution in [3.8, 4) is 0 Å². The molecule has 0 fully saturated rings. The summed E-state index contributed by atoms with van der Waals surface area (Å²) in [5.74, 6) is 3.27. The second-order valence-corrected chi connectivity index (χ2v) is 10.6. The monoisotopic (exact) mass is 504 g/mol. The first-order valence-electron chi connectivity index (χ1n) is 12.1. The van der Waals surface area contributed by atoms with Gasteiger partial charge in [-0.25, -0.2) is 4.39 Å². The zero-order valence-corrected chi connectivity index (χ0v) is 21.2. The Labute approximate surface area is 214 Å². The third-order valence-corrected chi connectivity index (χ3v) is 8.17. The highest BCUT2D eigenvalue weighted by molar-refractivity contribution is 7.99. The first kappa shape index (κ1) is 23.9. The summed E-state index contributed by atoms with van der Waals surface area (Å²) in [5, 5.41) is 6.71. The van der Waals surface area contributed by atoms with E-state index in [0.717, 1.165) is 73.3 Å². The number of amidine groups is 2. The van der Waals surface area contributed by atoms with E-state index in [9.17, 15) is 0 Å². The van der Waals surface area contributed by atoms with Crippen LogP contribution in [-0.2, 0) is 11.5 Å². The summed E-state index contributed by atoms with van der Waals surface area (Å²) in [7, 11) is 0. The van der Waals surface area contributed by atoms with Gasteiger partial charge in [0.05, 0.1) is 0 Å². The highest BCUT2D eigenvalue weighted by atomic mass is 32.2. The molecule has 0 spiro atoms. The molecule has 0 radical (unpaired) electrons. The fourth-order valence-corrected chi connectivity index (χ4v) is 5.92. The molecule has 3 aromatic rings. The number of halogens is 1. The second kappa shape index (κ2) is 11.8. The summed E-state index contributed by atoms with van der Waals surface area (Å²) in [6.45, 7) is 3.71. The van der Waals surface area contributed by atoms with E-state index in [1.165, 1.54) is 11.1 Å². The summed E-state index contributed by atoms with van der Waals surface area (Å²) in [6, 6.07) is 22.5. The predicted octanol–water partition coefficient (Wildman–Crippen LogP) is 5.89. The Morgan fingerprint density at radius 3 is 1.51 bits per heavy atom. The lowest BCUT2D eigenvalue weighted by Gasteiger charge is -2.15. The Morgan fingerprint density at radius 1 is 0.657 bits per heavy atom. The van der Waals surface area contributed by atoms with Crippen LogP contribution < -0.4 is 10.6 Å². The summed E-state index contributed by atoms with van der Waals surface area (Å²) < 4.78 is 15.2. The van der Waals surface area contributed by atoms with Crippen molar-refractivity contribution >= 4 is 35.2 Å². The number of hydrogen-bond acceptors (Lipinski definition) is 6. The second-order valence-electron chi connectivity index (χ2n) is 8.56. The minimum absolute atomic E-state index is 0.128. The normalized spacial score (nSPS) is 15.6. The van der Waals surface area contributed by atoms with Gasteiger partial charge in [0.15, 0.2) is 0 Å². The molecule has 0 saturated heterocycles. The molecule has 0 aliphatic carbocycles. The largest absolute Gasteiger partial charge is 0.370 e.